The number of rotatable bonds is 12. The number of thiazole rings is 2. The van der Waals surface area contributed by atoms with Crippen LogP contribution >= 0.6 is 22.7 Å². The van der Waals surface area contributed by atoms with Gasteiger partial charge in [-0.25, -0.2) is 0 Å². The number of nitrogens with zero attached hydrogens (tertiary/aromatic N) is 2. The third kappa shape index (κ3) is 8.08. The van der Waals surface area contributed by atoms with E-state index in [9.17, 15) is 0 Å². The summed E-state index contributed by atoms with van der Waals surface area (Å²) in [5.41, 5.74) is 9.77. The Labute approximate surface area is 212 Å². The van der Waals surface area contributed by atoms with Gasteiger partial charge in [-0.1, -0.05) is 46.9 Å². The van der Waals surface area contributed by atoms with Crippen LogP contribution in [0.15, 0.2) is 35.3 Å². The second-order valence-electron chi connectivity index (χ2n) is 7.82. The zero-order valence-corrected chi connectivity index (χ0v) is 22.0. The van der Waals surface area contributed by atoms with E-state index in [1.165, 1.54) is 32.3 Å². The van der Waals surface area contributed by atoms with Gasteiger partial charge in [-0.3, -0.25) is 0 Å². The standard InChI is InChI=1S/C24H34N2O2S2.2ClH/c1-19-23(11-15-27)29-17-25(19)13-3-5-21-7-9-22(10-8-21)6-4-14-26-18-30-24(12-16-28)20(26)2;;/h7-10,17-18,27-28H,3-6,11-16H2,1-2H3;2*1H/q+2;;/p-2. The van der Waals surface area contributed by atoms with Crippen molar-refractivity contribution in [3.05, 3.63) is 67.6 Å². The Bertz CT molecular complexity index is 851. The predicted octanol–water partition coefficient (Wildman–Crippen LogP) is -2.66. The van der Waals surface area contributed by atoms with Crippen molar-refractivity contribution in [1.29, 1.82) is 0 Å². The highest BCUT2D eigenvalue weighted by atomic mass is 35.5. The highest BCUT2D eigenvalue weighted by molar-refractivity contribution is 7.09. The summed E-state index contributed by atoms with van der Waals surface area (Å²) >= 11 is 3.50. The van der Waals surface area contributed by atoms with Crippen LogP contribution in [0.25, 0.3) is 0 Å². The van der Waals surface area contributed by atoms with E-state index in [1.807, 2.05) is 0 Å². The molecule has 32 heavy (non-hydrogen) atoms. The van der Waals surface area contributed by atoms with Crippen molar-refractivity contribution in [3.8, 4) is 0 Å². The Morgan fingerprint density at radius 2 is 1.03 bits per heavy atom. The number of aryl methyl sites for hydroxylation is 4. The first-order valence-electron chi connectivity index (χ1n) is 10.8. The minimum atomic E-state index is 0. The molecule has 0 atom stereocenters. The van der Waals surface area contributed by atoms with Crippen molar-refractivity contribution in [2.75, 3.05) is 13.2 Å². The average Bonchev–Trinajstić information content (AvgIpc) is 3.27. The smallest absolute Gasteiger partial charge is 0.225 e. The van der Waals surface area contributed by atoms with E-state index >= 15 is 0 Å². The largest absolute Gasteiger partial charge is 1.00 e. The summed E-state index contributed by atoms with van der Waals surface area (Å²) < 4.78 is 4.64. The van der Waals surface area contributed by atoms with Crippen LogP contribution in [0, 0.1) is 13.8 Å². The van der Waals surface area contributed by atoms with Crippen molar-refractivity contribution in [2.45, 2.75) is 65.5 Å². The molecular formula is C24H34Cl2N2O2S2. The van der Waals surface area contributed by atoms with Crippen LogP contribution in [0.3, 0.4) is 0 Å². The van der Waals surface area contributed by atoms with Crippen LogP contribution in [-0.4, -0.2) is 23.4 Å². The first kappa shape index (κ1) is 29.0. The zero-order chi connectivity index (χ0) is 21.3. The Balaban J connectivity index is 0.00000256. The molecular weight excluding hydrogens is 483 g/mol. The molecule has 3 aromatic rings. The van der Waals surface area contributed by atoms with Gasteiger partial charge in [-0.2, -0.15) is 9.13 Å². The number of aliphatic hydroxyl groups excluding tert-OH is 2. The lowest BCUT2D eigenvalue weighted by atomic mass is 10.0. The second-order valence-corrected chi connectivity index (χ2v) is 9.70. The summed E-state index contributed by atoms with van der Waals surface area (Å²) in [4.78, 5) is 2.59. The van der Waals surface area contributed by atoms with Gasteiger partial charge in [0.2, 0.25) is 11.0 Å². The third-order valence-corrected chi connectivity index (χ3v) is 8.03. The highest BCUT2D eigenvalue weighted by Crippen LogP contribution is 2.14. The maximum absolute atomic E-state index is 9.13. The van der Waals surface area contributed by atoms with Gasteiger partial charge < -0.3 is 35.0 Å². The van der Waals surface area contributed by atoms with E-state index in [0.717, 1.165) is 51.6 Å². The maximum atomic E-state index is 9.13. The van der Waals surface area contributed by atoms with Crippen LogP contribution in [0.1, 0.15) is 45.1 Å². The Morgan fingerprint density at radius 1 is 0.656 bits per heavy atom. The van der Waals surface area contributed by atoms with E-state index in [-0.39, 0.29) is 38.0 Å². The maximum Gasteiger partial charge on any atom is 0.225 e. The zero-order valence-electron chi connectivity index (χ0n) is 18.9. The molecule has 3 rings (SSSR count). The minimum Gasteiger partial charge on any atom is -1.00 e. The normalized spacial score (nSPS) is 10.6. The molecule has 0 aliphatic rings. The SMILES string of the molecule is Cc1c(CCO)sc[n+]1CCCc1ccc(CCC[n+]2csc(CCO)c2C)cc1.[Cl-].[Cl-]. The van der Waals surface area contributed by atoms with Crippen molar-refractivity contribution >= 4 is 22.7 Å². The summed E-state index contributed by atoms with van der Waals surface area (Å²) in [5, 5.41) is 18.3. The number of aromatic nitrogens is 2. The molecule has 2 heterocycles. The average molecular weight is 518 g/mol. The van der Waals surface area contributed by atoms with Crippen molar-refractivity contribution in [2.24, 2.45) is 0 Å². The monoisotopic (exact) mass is 516 g/mol. The van der Waals surface area contributed by atoms with Gasteiger partial charge in [0.05, 0.1) is 9.75 Å². The van der Waals surface area contributed by atoms with Crippen LogP contribution in [0.5, 0.6) is 0 Å². The molecule has 0 bridgehead atoms. The molecule has 2 N–H and O–H groups in total. The van der Waals surface area contributed by atoms with Gasteiger partial charge in [0.15, 0.2) is 11.4 Å². The van der Waals surface area contributed by atoms with Gasteiger partial charge in [0, 0.05) is 52.7 Å². The van der Waals surface area contributed by atoms with Gasteiger partial charge in [0.1, 0.15) is 13.1 Å². The molecule has 0 fully saturated rings. The fourth-order valence-corrected chi connectivity index (χ4v) is 5.84. The Morgan fingerprint density at radius 3 is 1.38 bits per heavy atom. The summed E-state index contributed by atoms with van der Waals surface area (Å²) in [7, 11) is 0. The summed E-state index contributed by atoms with van der Waals surface area (Å²) in [6.45, 7) is 6.82. The van der Waals surface area contributed by atoms with Gasteiger partial charge in [0.25, 0.3) is 0 Å². The van der Waals surface area contributed by atoms with Crippen LogP contribution in [0.4, 0.5) is 0 Å². The van der Waals surface area contributed by atoms with Crippen LogP contribution in [0.2, 0.25) is 0 Å². The molecule has 0 radical (unpaired) electrons. The molecule has 0 unspecified atom stereocenters. The van der Waals surface area contributed by atoms with E-state index in [0.29, 0.717) is 0 Å². The molecule has 178 valence electrons. The van der Waals surface area contributed by atoms with E-state index in [2.05, 4.69) is 58.3 Å². The van der Waals surface area contributed by atoms with Gasteiger partial charge in [-0.05, 0) is 24.0 Å². The summed E-state index contributed by atoms with van der Waals surface area (Å²) in [6, 6.07) is 9.11. The molecule has 0 spiro atoms. The van der Waals surface area contributed by atoms with Crippen LogP contribution < -0.4 is 33.9 Å². The molecule has 0 saturated carbocycles. The number of hydrogen-bond donors (Lipinski definition) is 2. The van der Waals surface area contributed by atoms with Crippen LogP contribution in [-0.2, 0) is 38.8 Å². The van der Waals surface area contributed by atoms with E-state index in [1.54, 1.807) is 22.7 Å². The number of aliphatic hydroxyl groups is 2. The Hall–Kier alpha value is -1.02. The quantitative estimate of drug-likeness (QED) is 0.258. The van der Waals surface area contributed by atoms with E-state index < -0.39 is 0 Å². The van der Waals surface area contributed by atoms with E-state index in [4.69, 9.17) is 10.2 Å². The molecule has 1 aromatic carbocycles. The summed E-state index contributed by atoms with van der Waals surface area (Å²) in [6.07, 6.45) is 5.97. The third-order valence-electron chi connectivity index (χ3n) is 5.74. The van der Waals surface area contributed by atoms with Crippen molar-refractivity contribution in [1.82, 2.24) is 0 Å². The molecule has 0 saturated heterocycles. The lowest BCUT2D eigenvalue weighted by molar-refractivity contribution is -0.698. The fourth-order valence-electron chi connectivity index (χ4n) is 3.81. The molecule has 0 amide bonds. The second kappa shape index (κ2) is 15.0. The highest BCUT2D eigenvalue weighted by Gasteiger charge is 2.15. The first-order valence-corrected chi connectivity index (χ1v) is 12.6. The number of halogens is 2. The molecule has 0 aliphatic carbocycles. The fraction of sp³-hybridized carbons (Fsp3) is 0.500. The molecule has 0 aliphatic heterocycles. The Kier molecular flexibility index (Phi) is 13.6. The number of benzene rings is 1. The first-order chi connectivity index (χ1) is 14.6. The van der Waals surface area contributed by atoms with Gasteiger partial charge in [-0.15, -0.1) is 0 Å². The van der Waals surface area contributed by atoms with Gasteiger partial charge >= 0.3 is 0 Å². The molecule has 4 nitrogen and oxygen atoms in total. The molecule has 2 aromatic heterocycles. The topological polar surface area (TPSA) is 48.2 Å². The predicted molar refractivity (Wildman–Crippen MR) is 123 cm³/mol. The lowest BCUT2D eigenvalue weighted by Gasteiger charge is -2.03. The lowest BCUT2D eigenvalue weighted by Crippen LogP contribution is -3.00. The van der Waals surface area contributed by atoms with Crippen molar-refractivity contribution in [3.63, 3.8) is 0 Å². The molecule has 8 heteroatoms. The minimum absolute atomic E-state index is 0. The summed E-state index contributed by atoms with van der Waals surface area (Å²) in [5.74, 6) is 0. The number of hydrogen-bond acceptors (Lipinski definition) is 4. The van der Waals surface area contributed by atoms with Crippen molar-refractivity contribution < 1.29 is 44.2 Å².